The zero-order valence-electron chi connectivity index (χ0n) is 12.8. The topological polar surface area (TPSA) is 21.3 Å². The van der Waals surface area contributed by atoms with E-state index in [2.05, 4.69) is 54.2 Å². The van der Waals surface area contributed by atoms with E-state index in [-0.39, 0.29) is 0 Å². The van der Waals surface area contributed by atoms with E-state index in [1.54, 1.807) is 0 Å². The average Bonchev–Trinajstić information content (AvgIpc) is 3.19. The summed E-state index contributed by atoms with van der Waals surface area (Å²) in [5.74, 6) is 1.69. The lowest BCUT2D eigenvalue weighted by Crippen LogP contribution is -2.17. The first-order chi connectivity index (χ1) is 9.60. The van der Waals surface area contributed by atoms with E-state index >= 15 is 0 Å². The van der Waals surface area contributed by atoms with Gasteiger partial charge in [-0.15, -0.1) is 0 Å². The van der Waals surface area contributed by atoms with Crippen LogP contribution in [0.3, 0.4) is 0 Å². The number of hydrogen-bond donors (Lipinski definition) is 1. The van der Waals surface area contributed by atoms with E-state index in [4.69, 9.17) is 4.74 Å². The molecule has 0 radical (unpaired) electrons. The van der Waals surface area contributed by atoms with Crippen LogP contribution in [0, 0.1) is 12.8 Å². The standard InChI is InChI=1S/C17H26BrNO/c1-4-5-12(2)11-20-17-13(3)8-15(18)9-14(17)10-19-16-6-7-16/h8-9,12,16,19H,4-7,10-11H2,1-3H3. The van der Waals surface area contributed by atoms with Crippen LogP contribution in [0.2, 0.25) is 0 Å². The molecular formula is C17H26BrNO. The molecule has 1 aromatic rings. The van der Waals surface area contributed by atoms with Gasteiger partial charge < -0.3 is 10.1 Å². The summed E-state index contributed by atoms with van der Waals surface area (Å²) < 4.78 is 7.26. The molecular weight excluding hydrogens is 314 g/mol. The van der Waals surface area contributed by atoms with Crippen molar-refractivity contribution in [2.24, 2.45) is 5.92 Å². The SMILES string of the molecule is CCCC(C)COc1c(C)cc(Br)cc1CNC1CC1. The van der Waals surface area contributed by atoms with Crippen LogP contribution in [0.5, 0.6) is 5.75 Å². The molecule has 1 unspecified atom stereocenters. The number of benzene rings is 1. The highest BCUT2D eigenvalue weighted by molar-refractivity contribution is 9.10. The van der Waals surface area contributed by atoms with Crippen molar-refractivity contribution in [1.29, 1.82) is 0 Å². The fourth-order valence-electron chi connectivity index (χ4n) is 2.48. The van der Waals surface area contributed by atoms with Crippen molar-refractivity contribution in [2.75, 3.05) is 6.61 Å². The molecule has 0 saturated heterocycles. The first kappa shape index (κ1) is 15.8. The van der Waals surface area contributed by atoms with E-state index in [0.717, 1.165) is 29.4 Å². The van der Waals surface area contributed by atoms with Crippen molar-refractivity contribution in [2.45, 2.75) is 59.0 Å². The van der Waals surface area contributed by atoms with E-state index < -0.39 is 0 Å². The van der Waals surface area contributed by atoms with Crippen molar-refractivity contribution in [3.05, 3.63) is 27.7 Å². The summed E-state index contributed by atoms with van der Waals surface area (Å²) in [5.41, 5.74) is 2.49. The molecule has 0 amide bonds. The number of aryl methyl sites for hydroxylation is 1. The summed E-state index contributed by atoms with van der Waals surface area (Å²) in [4.78, 5) is 0. The summed E-state index contributed by atoms with van der Waals surface area (Å²) in [5, 5.41) is 3.58. The predicted molar refractivity (Wildman–Crippen MR) is 88.3 cm³/mol. The van der Waals surface area contributed by atoms with E-state index in [1.165, 1.54) is 36.8 Å². The minimum atomic E-state index is 0.618. The Morgan fingerprint density at radius 3 is 2.80 bits per heavy atom. The number of nitrogens with one attached hydrogen (secondary N) is 1. The van der Waals surface area contributed by atoms with Crippen molar-refractivity contribution in [3.8, 4) is 5.75 Å². The van der Waals surface area contributed by atoms with Crippen molar-refractivity contribution >= 4 is 15.9 Å². The number of ether oxygens (including phenoxy) is 1. The van der Waals surface area contributed by atoms with Gasteiger partial charge in [0.15, 0.2) is 0 Å². The molecule has 2 rings (SSSR count). The van der Waals surface area contributed by atoms with E-state index in [9.17, 15) is 0 Å². The second kappa shape index (κ2) is 7.46. The van der Waals surface area contributed by atoms with Gasteiger partial charge in [-0.3, -0.25) is 0 Å². The molecule has 3 heteroatoms. The lowest BCUT2D eigenvalue weighted by Gasteiger charge is -2.18. The monoisotopic (exact) mass is 339 g/mol. The molecule has 0 bridgehead atoms. The van der Waals surface area contributed by atoms with Crippen LogP contribution in [0.1, 0.15) is 50.7 Å². The van der Waals surface area contributed by atoms with Gasteiger partial charge in [-0.2, -0.15) is 0 Å². The first-order valence-electron chi connectivity index (χ1n) is 7.75. The second-order valence-electron chi connectivity index (χ2n) is 6.07. The third-order valence-electron chi connectivity index (χ3n) is 3.77. The molecule has 1 fully saturated rings. The molecule has 0 aromatic heterocycles. The van der Waals surface area contributed by atoms with Gasteiger partial charge in [-0.25, -0.2) is 0 Å². The molecule has 0 aliphatic heterocycles. The van der Waals surface area contributed by atoms with Gasteiger partial charge in [0.05, 0.1) is 6.61 Å². The molecule has 1 atom stereocenters. The van der Waals surface area contributed by atoms with Gasteiger partial charge >= 0.3 is 0 Å². The predicted octanol–water partition coefficient (Wildman–Crippen LogP) is 4.82. The molecule has 20 heavy (non-hydrogen) atoms. The van der Waals surface area contributed by atoms with Crippen LogP contribution in [-0.4, -0.2) is 12.6 Å². The molecule has 0 heterocycles. The fraction of sp³-hybridized carbons (Fsp3) is 0.647. The Kier molecular flexibility index (Phi) is 5.91. The summed E-state index contributed by atoms with van der Waals surface area (Å²) in [6.45, 7) is 8.34. The molecule has 1 aromatic carbocycles. The highest BCUT2D eigenvalue weighted by atomic mass is 79.9. The highest BCUT2D eigenvalue weighted by Crippen LogP contribution is 2.30. The molecule has 112 valence electrons. The molecule has 0 spiro atoms. The minimum absolute atomic E-state index is 0.618. The van der Waals surface area contributed by atoms with Crippen molar-refractivity contribution < 1.29 is 4.74 Å². The number of hydrogen-bond acceptors (Lipinski definition) is 2. The van der Waals surface area contributed by atoms with Crippen molar-refractivity contribution in [3.63, 3.8) is 0 Å². The summed E-state index contributed by atoms with van der Waals surface area (Å²) in [7, 11) is 0. The molecule has 1 aliphatic rings. The molecule has 1 saturated carbocycles. The molecule has 1 N–H and O–H groups in total. The first-order valence-corrected chi connectivity index (χ1v) is 8.54. The van der Waals surface area contributed by atoms with Crippen LogP contribution in [0.15, 0.2) is 16.6 Å². The Morgan fingerprint density at radius 1 is 1.40 bits per heavy atom. The van der Waals surface area contributed by atoms with Gasteiger partial charge in [-0.05, 0) is 49.8 Å². The summed E-state index contributed by atoms with van der Waals surface area (Å²) in [6, 6.07) is 5.05. The van der Waals surface area contributed by atoms with Gasteiger partial charge in [0, 0.05) is 22.6 Å². The van der Waals surface area contributed by atoms with Crippen LogP contribution in [0.4, 0.5) is 0 Å². The Bertz CT molecular complexity index is 443. The van der Waals surface area contributed by atoms with Crippen LogP contribution in [-0.2, 0) is 6.54 Å². The Hall–Kier alpha value is -0.540. The summed E-state index contributed by atoms with van der Waals surface area (Å²) in [6.07, 6.45) is 5.08. The lowest BCUT2D eigenvalue weighted by atomic mass is 10.1. The largest absolute Gasteiger partial charge is 0.493 e. The maximum atomic E-state index is 6.13. The maximum Gasteiger partial charge on any atom is 0.126 e. The number of halogens is 1. The van der Waals surface area contributed by atoms with Gasteiger partial charge in [0.25, 0.3) is 0 Å². The van der Waals surface area contributed by atoms with E-state index in [0.29, 0.717) is 5.92 Å². The highest BCUT2D eigenvalue weighted by Gasteiger charge is 2.21. The Labute approximate surface area is 131 Å². The Balaban J connectivity index is 2.03. The fourth-order valence-corrected chi connectivity index (χ4v) is 3.10. The maximum absolute atomic E-state index is 6.13. The van der Waals surface area contributed by atoms with Crippen LogP contribution in [0.25, 0.3) is 0 Å². The molecule has 2 nitrogen and oxygen atoms in total. The third kappa shape index (κ3) is 4.78. The zero-order chi connectivity index (χ0) is 14.5. The smallest absolute Gasteiger partial charge is 0.126 e. The van der Waals surface area contributed by atoms with Crippen LogP contribution < -0.4 is 10.1 Å². The Morgan fingerprint density at radius 2 is 2.15 bits per heavy atom. The van der Waals surface area contributed by atoms with Gasteiger partial charge in [-0.1, -0.05) is 36.2 Å². The number of rotatable bonds is 8. The minimum Gasteiger partial charge on any atom is -0.493 e. The zero-order valence-corrected chi connectivity index (χ0v) is 14.4. The lowest BCUT2D eigenvalue weighted by molar-refractivity contribution is 0.247. The third-order valence-corrected chi connectivity index (χ3v) is 4.23. The normalized spacial score (nSPS) is 16.2. The summed E-state index contributed by atoms with van der Waals surface area (Å²) >= 11 is 3.59. The average molecular weight is 340 g/mol. The van der Waals surface area contributed by atoms with Crippen molar-refractivity contribution in [1.82, 2.24) is 5.32 Å². The van der Waals surface area contributed by atoms with Crippen LogP contribution >= 0.6 is 15.9 Å². The van der Waals surface area contributed by atoms with Gasteiger partial charge in [0.1, 0.15) is 5.75 Å². The quantitative estimate of drug-likeness (QED) is 0.732. The van der Waals surface area contributed by atoms with E-state index in [1.807, 2.05) is 0 Å². The van der Waals surface area contributed by atoms with Gasteiger partial charge in [0.2, 0.25) is 0 Å². The molecule has 1 aliphatic carbocycles. The second-order valence-corrected chi connectivity index (χ2v) is 6.99.